The van der Waals surface area contributed by atoms with E-state index in [2.05, 4.69) is 46.6 Å². The minimum Gasteiger partial charge on any atom is -0.299 e. The van der Waals surface area contributed by atoms with Gasteiger partial charge in [0.05, 0.1) is 11.2 Å². The van der Waals surface area contributed by atoms with Gasteiger partial charge in [0.15, 0.2) is 0 Å². The molecule has 4 rings (SSSR count). The largest absolute Gasteiger partial charge is 0.299 e. The molecule has 0 amide bonds. The van der Waals surface area contributed by atoms with Gasteiger partial charge < -0.3 is 0 Å². The normalized spacial score (nSPS) is 11.0. The highest BCUT2D eigenvalue weighted by molar-refractivity contribution is 5.79. The third-order valence-corrected chi connectivity index (χ3v) is 3.73. The van der Waals surface area contributed by atoms with E-state index < -0.39 is 0 Å². The molecule has 0 aliphatic heterocycles. The van der Waals surface area contributed by atoms with E-state index in [9.17, 15) is 0 Å². The van der Waals surface area contributed by atoms with Crippen LogP contribution in [0.15, 0.2) is 73.1 Å². The second kappa shape index (κ2) is 5.11. The van der Waals surface area contributed by atoms with Crippen LogP contribution < -0.4 is 0 Å². The molecule has 0 fully saturated rings. The summed E-state index contributed by atoms with van der Waals surface area (Å²) in [5, 5.41) is 0. The molecule has 0 aliphatic rings. The van der Waals surface area contributed by atoms with Crippen LogP contribution in [0.2, 0.25) is 0 Å². The van der Waals surface area contributed by atoms with Crippen molar-refractivity contribution in [1.29, 1.82) is 0 Å². The van der Waals surface area contributed by atoms with E-state index in [-0.39, 0.29) is 0 Å². The standard InChI is InChI=1S/C19H15N3/c1-14-7-6-8-15(13-14)19-21-18(16-9-2-4-11-20-16)17-10-3-5-12-22(17)19/h2-13H,1H3. The monoisotopic (exact) mass is 285 g/mol. The molecule has 3 aromatic heterocycles. The summed E-state index contributed by atoms with van der Waals surface area (Å²) in [6.45, 7) is 2.10. The molecule has 0 spiro atoms. The van der Waals surface area contributed by atoms with E-state index in [0.29, 0.717) is 0 Å². The molecule has 3 heteroatoms. The van der Waals surface area contributed by atoms with Gasteiger partial charge in [-0.2, -0.15) is 0 Å². The van der Waals surface area contributed by atoms with Crippen LogP contribution in [0.5, 0.6) is 0 Å². The number of nitrogens with zero attached hydrogens (tertiary/aromatic N) is 3. The lowest BCUT2D eigenvalue weighted by Crippen LogP contribution is -1.88. The Morgan fingerprint density at radius 2 is 1.82 bits per heavy atom. The zero-order chi connectivity index (χ0) is 14.9. The fourth-order valence-corrected chi connectivity index (χ4v) is 2.72. The summed E-state index contributed by atoms with van der Waals surface area (Å²) in [7, 11) is 0. The molecular formula is C19H15N3. The summed E-state index contributed by atoms with van der Waals surface area (Å²) in [6, 6.07) is 20.5. The highest BCUT2D eigenvalue weighted by Gasteiger charge is 2.14. The first-order valence-electron chi connectivity index (χ1n) is 7.28. The van der Waals surface area contributed by atoms with Crippen molar-refractivity contribution >= 4 is 5.52 Å². The van der Waals surface area contributed by atoms with E-state index in [4.69, 9.17) is 4.98 Å². The molecule has 3 heterocycles. The maximum Gasteiger partial charge on any atom is 0.145 e. The van der Waals surface area contributed by atoms with Gasteiger partial charge in [-0.25, -0.2) is 4.98 Å². The second-order valence-corrected chi connectivity index (χ2v) is 5.32. The summed E-state index contributed by atoms with van der Waals surface area (Å²) < 4.78 is 2.12. The first-order valence-corrected chi connectivity index (χ1v) is 7.28. The van der Waals surface area contributed by atoms with Crippen LogP contribution in [0.4, 0.5) is 0 Å². The van der Waals surface area contributed by atoms with E-state index in [1.165, 1.54) is 5.56 Å². The summed E-state index contributed by atoms with van der Waals surface area (Å²) in [6.07, 6.45) is 3.85. The molecule has 0 aliphatic carbocycles. The third kappa shape index (κ3) is 2.07. The van der Waals surface area contributed by atoms with Crippen molar-refractivity contribution in [2.45, 2.75) is 6.92 Å². The smallest absolute Gasteiger partial charge is 0.145 e. The molecule has 3 nitrogen and oxygen atoms in total. The van der Waals surface area contributed by atoms with E-state index in [0.717, 1.165) is 28.3 Å². The van der Waals surface area contributed by atoms with Crippen molar-refractivity contribution in [3.8, 4) is 22.8 Å². The van der Waals surface area contributed by atoms with E-state index in [1.807, 2.05) is 36.5 Å². The quantitative estimate of drug-likeness (QED) is 0.547. The summed E-state index contributed by atoms with van der Waals surface area (Å²) in [5.41, 5.74) is 5.22. The Morgan fingerprint density at radius 1 is 0.909 bits per heavy atom. The van der Waals surface area contributed by atoms with Crippen molar-refractivity contribution < 1.29 is 0 Å². The van der Waals surface area contributed by atoms with Crippen LogP contribution >= 0.6 is 0 Å². The number of fused-ring (bicyclic) bond motifs is 1. The molecule has 22 heavy (non-hydrogen) atoms. The maximum absolute atomic E-state index is 4.87. The minimum absolute atomic E-state index is 0.894. The number of aromatic nitrogens is 3. The van der Waals surface area contributed by atoms with Gasteiger partial charge in [0.25, 0.3) is 0 Å². The Kier molecular flexibility index (Phi) is 2.97. The Hall–Kier alpha value is -2.94. The van der Waals surface area contributed by atoms with E-state index >= 15 is 0 Å². The minimum atomic E-state index is 0.894. The number of rotatable bonds is 2. The second-order valence-electron chi connectivity index (χ2n) is 5.32. The summed E-state index contributed by atoms with van der Waals surface area (Å²) >= 11 is 0. The van der Waals surface area contributed by atoms with Gasteiger partial charge in [-0.05, 0) is 37.3 Å². The number of pyridine rings is 2. The van der Waals surface area contributed by atoms with Crippen molar-refractivity contribution in [3.63, 3.8) is 0 Å². The first-order chi connectivity index (χ1) is 10.8. The van der Waals surface area contributed by atoms with Gasteiger partial charge in [-0.15, -0.1) is 0 Å². The molecule has 106 valence electrons. The van der Waals surface area contributed by atoms with Crippen LogP contribution in [0, 0.1) is 6.92 Å². The van der Waals surface area contributed by atoms with Gasteiger partial charge in [-0.3, -0.25) is 9.38 Å². The molecule has 0 saturated carbocycles. The predicted octanol–water partition coefficient (Wildman–Crippen LogP) is 4.37. The molecule has 0 radical (unpaired) electrons. The number of aryl methyl sites for hydroxylation is 1. The Labute approximate surface area is 128 Å². The first kappa shape index (κ1) is 12.8. The maximum atomic E-state index is 4.87. The molecule has 4 aromatic rings. The van der Waals surface area contributed by atoms with Gasteiger partial charge in [0.2, 0.25) is 0 Å². The van der Waals surface area contributed by atoms with Crippen molar-refractivity contribution in [2.24, 2.45) is 0 Å². The SMILES string of the molecule is Cc1cccc(-c2nc(-c3ccccn3)c3ccccn23)c1. The number of benzene rings is 1. The molecule has 1 aromatic carbocycles. The average Bonchev–Trinajstić information content (AvgIpc) is 2.95. The van der Waals surface area contributed by atoms with Gasteiger partial charge >= 0.3 is 0 Å². The number of hydrogen-bond acceptors (Lipinski definition) is 2. The molecule has 0 bridgehead atoms. The fourth-order valence-electron chi connectivity index (χ4n) is 2.72. The lowest BCUT2D eigenvalue weighted by molar-refractivity contribution is 1.16. The number of imidazole rings is 1. The van der Waals surface area contributed by atoms with Crippen molar-refractivity contribution in [3.05, 3.63) is 78.6 Å². The summed E-state index contributed by atoms with van der Waals surface area (Å²) in [5.74, 6) is 0.944. The van der Waals surface area contributed by atoms with Gasteiger partial charge in [0.1, 0.15) is 11.5 Å². The van der Waals surface area contributed by atoms with Crippen LogP contribution in [-0.2, 0) is 0 Å². The highest BCUT2D eigenvalue weighted by atomic mass is 15.0. The van der Waals surface area contributed by atoms with Crippen LogP contribution in [0.3, 0.4) is 0 Å². The van der Waals surface area contributed by atoms with Crippen LogP contribution in [0.25, 0.3) is 28.3 Å². The van der Waals surface area contributed by atoms with Gasteiger partial charge in [-0.1, -0.05) is 35.9 Å². The third-order valence-electron chi connectivity index (χ3n) is 3.73. The molecule has 0 atom stereocenters. The van der Waals surface area contributed by atoms with Crippen molar-refractivity contribution in [2.75, 3.05) is 0 Å². The van der Waals surface area contributed by atoms with Gasteiger partial charge in [0, 0.05) is 18.0 Å². The topological polar surface area (TPSA) is 30.2 Å². The van der Waals surface area contributed by atoms with E-state index in [1.54, 1.807) is 6.20 Å². The zero-order valence-electron chi connectivity index (χ0n) is 12.3. The average molecular weight is 285 g/mol. The number of hydrogen-bond donors (Lipinski definition) is 0. The summed E-state index contributed by atoms with van der Waals surface area (Å²) in [4.78, 5) is 9.32. The Morgan fingerprint density at radius 3 is 2.64 bits per heavy atom. The van der Waals surface area contributed by atoms with Crippen LogP contribution in [-0.4, -0.2) is 14.4 Å². The molecule has 0 unspecified atom stereocenters. The fraction of sp³-hybridized carbons (Fsp3) is 0.0526. The Bertz CT molecular complexity index is 939. The zero-order valence-corrected chi connectivity index (χ0v) is 12.3. The highest BCUT2D eigenvalue weighted by Crippen LogP contribution is 2.28. The molecule has 0 saturated heterocycles. The molecule has 0 N–H and O–H groups in total. The molecular weight excluding hydrogens is 270 g/mol. The lowest BCUT2D eigenvalue weighted by atomic mass is 10.1. The van der Waals surface area contributed by atoms with Crippen LogP contribution in [0.1, 0.15) is 5.56 Å². The lowest BCUT2D eigenvalue weighted by Gasteiger charge is -2.01. The van der Waals surface area contributed by atoms with Crippen molar-refractivity contribution in [1.82, 2.24) is 14.4 Å². The Balaban J connectivity index is 2.01. The predicted molar refractivity (Wildman–Crippen MR) is 88.6 cm³/mol.